The zero-order chi connectivity index (χ0) is 20.6. The van der Waals surface area contributed by atoms with Crippen molar-refractivity contribution < 1.29 is 9.59 Å². The Balaban J connectivity index is 2.88. The Kier molecular flexibility index (Phi) is 6.22. The van der Waals surface area contributed by atoms with Gasteiger partial charge in [0.1, 0.15) is 0 Å². The molecule has 0 aromatic carbocycles. The van der Waals surface area contributed by atoms with Gasteiger partial charge >= 0.3 is 0 Å². The van der Waals surface area contributed by atoms with Crippen molar-refractivity contribution in [3.63, 3.8) is 0 Å². The zero-order valence-corrected chi connectivity index (χ0v) is 18.4. The average molecular weight is 363 g/mol. The Labute approximate surface area is 159 Å². The Morgan fingerprint density at radius 3 is 1.12 bits per heavy atom. The average Bonchev–Trinajstić information content (AvgIpc) is 2.28. The minimum Gasteiger partial charge on any atom is -0.377 e. The van der Waals surface area contributed by atoms with E-state index in [4.69, 9.17) is 0 Å². The van der Waals surface area contributed by atoms with Crippen LogP contribution in [0.5, 0.6) is 0 Å². The quantitative estimate of drug-likeness (QED) is 0.682. The summed E-state index contributed by atoms with van der Waals surface area (Å²) >= 11 is 0. The Bertz CT molecular complexity index is 568. The number of hydrogen-bond donors (Lipinski definition) is 2. The lowest BCUT2D eigenvalue weighted by atomic mass is 9.81. The van der Waals surface area contributed by atoms with Crippen LogP contribution in [-0.2, 0) is 9.59 Å². The minimum absolute atomic E-state index is 0.123. The van der Waals surface area contributed by atoms with Crippen molar-refractivity contribution in [1.29, 1.82) is 0 Å². The third kappa shape index (κ3) is 7.76. The Hall–Kier alpha value is -1.58. The van der Waals surface area contributed by atoms with E-state index < -0.39 is 0 Å². The maximum atomic E-state index is 12.6. The summed E-state index contributed by atoms with van der Waals surface area (Å²) < 4.78 is 0. The highest BCUT2D eigenvalue weighted by molar-refractivity contribution is 6.19. The van der Waals surface area contributed by atoms with Gasteiger partial charge in [-0.3, -0.25) is 9.59 Å². The third-order valence-corrected chi connectivity index (χ3v) is 3.97. The summed E-state index contributed by atoms with van der Waals surface area (Å²) in [6.07, 6.45) is 4.63. The van der Waals surface area contributed by atoms with Crippen LogP contribution >= 0.6 is 0 Å². The van der Waals surface area contributed by atoms with Gasteiger partial charge in [-0.25, -0.2) is 0 Å². The molecule has 0 bridgehead atoms. The van der Waals surface area contributed by atoms with Gasteiger partial charge in [0.25, 0.3) is 0 Å². The second-order valence-corrected chi connectivity index (χ2v) is 11.3. The van der Waals surface area contributed by atoms with Gasteiger partial charge < -0.3 is 10.6 Å². The SMILES string of the molecule is CC(C)(C)CC(C)(C)NC1=CC(=O)C(NC(C)(C)CC(C)(C)C)=CC1=O. The molecule has 0 spiro atoms. The molecule has 0 unspecified atom stereocenters. The van der Waals surface area contributed by atoms with Gasteiger partial charge in [0, 0.05) is 23.2 Å². The summed E-state index contributed by atoms with van der Waals surface area (Å²) in [5.74, 6) is -0.304. The molecule has 1 rings (SSSR count). The smallest absolute Gasteiger partial charge is 0.204 e. The Morgan fingerprint density at radius 1 is 0.615 bits per heavy atom. The van der Waals surface area contributed by atoms with E-state index in [0.717, 1.165) is 12.8 Å². The van der Waals surface area contributed by atoms with E-state index >= 15 is 0 Å². The summed E-state index contributed by atoms with van der Waals surface area (Å²) in [6, 6.07) is 0. The molecule has 0 aromatic rings. The highest BCUT2D eigenvalue weighted by atomic mass is 16.1. The van der Waals surface area contributed by atoms with Gasteiger partial charge in [0.2, 0.25) is 11.6 Å². The number of nitrogens with one attached hydrogen (secondary N) is 2. The number of hydrogen-bond acceptors (Lipinski definition) is 4. The zero-order valence-electron chi connectivity index (χ0n) is 18.4. The molecule has 0 radical (unpaired) electrons. The minimum atomic E-state index is -0.274. The van der Waals surface area contributed by atoms with Crippen LogP contribution in [-0.4, -0.2) is 22.6 Å². The lowest BCUT2D eigenvalue weighted by Gasteiger charge is -2.36. The van der Waals surface area contributed by atoms with Gasteiger partial charge in [0.15, 0.2) is 0 Å². The van der Waals surface area contributed by atoms with E-state index in [9.17, 15) is 9.59 Å². The molecule has 4 heteroatoms. The van der Waals surface area contributed by atoms with E-state index in [2.05, 4.69) is 79.9 Å². The molecule has 1 aliphatic carbocycles. The van der Waals surface area contributed by atoms with Crippen molar-refractivity contribution >= 4 is 11.6 Å². The van der Waals surface area contributed by atoms with Crippen molar-refractivity contribution in [3.8, 4) is 0 Å². The van der Waals surface area contributed by atoms with Crippen LogP contribution in [0.2, 0.25) is 0 Å². The van der Waals surface area contributed by atoms with Gasteiger partial charge in [-0.1, -0.05) is 41.5 Å². The van der Waals surface area contributed by atoms with Crippen molar-refractivity contribution in [2.75, 3.05) is 0 Å². The van der Waals surface area contributed by atoms with Crippen LogP contribution in [0.15, 0.2) is 23.5 Å². The molecule has 0 aromatic heterocycles. The molecular weight excluding hydrogens is 324 g/mol. The van der Waals surface area contributed by atoms with E-state index in [0.29, 0.717) is 11.4 Å². The van der Waals surface area contributed by atoms with Gasteiger partial charge in [-0.2, -0.15) is 0 Å². The molecule has 26 heavy (non-hydrogen) atoms. The molecule has 1 aliphatic rings. The maximum absolute atomic E-state index is 12.6. The monoisotopic (exact) mass is 362 g/mol. The summed E-state index contributed by atoms with van der Waals surface area (Å²) in [4.78, 5) is 25.1. The molecule has 0 saturated heterocycles. The number of rotatable bonds is 6. The second kappa shape index (κ2) is 7.21. The van der Waals surface area contributed by atoms with Crippen LogP contribution in [0.4, 0.5) is 0 Å². The first-order valence-corrected chi connectivity index (χ1v) is 9.48. The first kappa shape index (κ1) is 22.5. The summed E-state index contributed by atoms with van der Waals surface area (Å²) in [5, 5.41) is 6.54. The van der Waals surface area contributed by atoms with Crippen molar-refractivity contribution in [3.05, 3.63) is 23.5 Å². The normalized spacial score (nSPS) is 17.0. The predicted molar refractivity (Wildman–Crippen MR) is 109 cm³/mol. The molecule has 0 heterocycles. The first-order valence-electron chi connectivity index (χ1n) is 9.48. The van der Waals surface area contributed by atoms with Crippen LogP contribution in [0.25, 0.3) is 0 Å². The lowest BCUT2D eigenvalue weighted by Crippen LogP contribution is -2.46. The van der Waals surface area contributed by atoms with Gasteiger partial charge in [-0.05, 0) is 51.4 Å². The van der Waals surface area contributed by atoms with Crippen LogP contribution in [0, 0.1) is 10.8 Å². The van der Waals surface area contributed by atoms with Crippen molar-refractivity contribution in [2.45, 2.75) is 93.2 Å². The number of carbonyl (C=O) groups is 2. The fourth-order valence-corrected chi connectivity index (χ4v) is 4.22. The summed E-state index contributed by atoms with van der Waals surface area (Å²) in [6.45, 7) is 21.2. The third-order valence-electron chi connectivity index (χ3n) is 3.97. The standard InChI is InChI=1S/C22H38N2O2/c1-19(2,3)13-21(7,8)23-15-11-18(26)16(12-17(15)25)24-22(9,10)14-20(4,5)6/h11-12,23-24H,13-14H2,1-10H3. The molecule has 0 atom stereocenters. The maximum Gasteiger partial charge on any atom is 0.204 e. The summed E-state index contributed by atoms with van der Waals surface area (Å²) in [5.41, 5.74) is 0.456. The number of ketones is 2. The second-order valence-electron chi connectivity index (χ2n) is 11.3. The van der Waals surface area contributed by atoms with Crippen LogP contribution in [0.1, 0.15) is 82.1 Å². The van der Waals surface area contributed by atoms with Crippen LogP contribution in [0.3, 0.4) is 0 Å². The van der Waals surface area contributed by atoms with E-state index in [1.54, 1.807) is 0 Å². The molecule has 0 amide bonds. The fourth-order valence-electron chi connectivity index (χ4n) is 4.22. The van der Waals surface area contributed by atoms with E-state index in [-0.39, 0.29) is 33.5 Å². The topological polar surface area (TPSA) is 58.2 Å². The molecule has 0 aliphatic heterocycles. The lowest BCUT2D eigenvalue weighted by molar-refractivity contribution is -0.116. The fraction of sp³-hybridized carbons (Fsp3) is 0.727. The van der Waals surface area contributed by atoms with Crippen molar-refractivity contribution in [2.24, 2.45) is 10.8 Å². The van der Waals surface area contributed by atoms with Crippen molar-refractivity contribution in [1.82, 2.24) is 10.6 Å². The largest absolute Gasteiger partial charge is 0.377 e. The number of allylic oxidation sites excluding steroid dienone is 2. The van der Waals surface area contributed by atoms with Gasteiger partial charge in [0.05, 0.1) is 11.4 Å². The molecule has 4 nitrogen and oxygen atoms in total. The molecular formula is C22H38N2O2. The predicted octanol–water partition coefficient (Wildman–Crippen LogP) is 4.51. The Morgan fingerprint density at radius 2 is 0.885 bits per heavy atom. The highest BCUT2D eigenvalue weighted by Gasteiger charge is 2.32. The summed E-state index contributed by atoms with van der Waals surface area (Å²) in [7, 11) is 0. The molecule has 148 valence electrons. The first-order chi connectivity index (χ1) is 11.4. The van der Waals surface area contributed by atoms with E-state index in [1.807, 2.05) is 0 Å². The van der Waals surface area contributed by atoms with Crippen LogP contribution < -0.4 is 10.6 Å². The van der Waals surface area contributed by atoms with E-state index in [1.165, 1.54) is 12.2 Å². The molecule has 0 fully saturated rings. The highest BCUT2D eigenvalue weighted by Crippen LogP contribution is 2.29. The number of carbonyl (C=O) groups excluding carboxylic acids is 2. The molecule has 2 N–H and O–H groups in total. The van der Waals surface area contributed by atoms with Gasteiger partial charge in [-0.15, -0.1) is 0 Å². The molecule has 0 saturated carbocycles.